The molecule has 1 atom stereocenters. The van der Waals surface area contributed by atoms with Gasteiger partial charge in [0.25, 0.3) is 0 Å². The van der Waals surface area contributed by atoms with E-state index in [-0.39, 0.29) is 6.04 Å². The smallest absolute Gasteiger partial charge is 0.111 e. The molecule has 1 aromatic carbocycles. The maximum Gasteiger partial charge on any atom is 0.111 e. The lowest BCUT2D eigenvalue weighted by atomic mass is 10.2. The van der Waals surface area contributed by atoms with Gasteiger partial charge in [-0.3, -0.25) is 0 Å². The van der Waals surface area contributed by atoms with Crippen LogP contribution in [0.4, 0.5) is 0 Å². The fourth-order valence-electron chi connectivity index (χ4n) is 1.51. The highest BCUT2D eigenvalue weighted by molar-refractivity contribution is 7.18. The van der Waals surface area contributed by atoms with Crippen molar-refractivity contribution >= 4 is 33.2 Å². The summed E-state index contributed by atoms with van der Waals surface area (Å²) in [6, 6.07) is 5.80. The van der Waals surface area contributed by atoms with Gasteiger partial charge in [-0.1, -0.05) is 24.9 Å². The molecule has 0 amide bonds. The molecule has 0 radical (unpaired) electrons. The van der Waals surface area contributed by atoms with Gasteiger partial charge >= 0.3 is 0 Å². The lowest BCUT2D eigenvalue weighted by Crippen LogP contribution is -2.08. The van der Waals surface area contributed by atoms with Crippen molar-refractivity contribution in [2.45, 2.75) is 25.8 Å². The zero-order valence-corrected chi connectivity index (χ0v) is 10.1. The summed E-state index contributed by atoms with van der Waals surface area (Å²) in [6.07, 6.45) is 2.06. The molecule has 0 aliphatic rings. The Kier molecular flexibility index (Phi) is 3.24. The number of benzene rings is 1. The number of nitrogens with two attached hydrogens (primary N) is 1. The molecule has 2 nitrogen and oxygen atoms in total. The predicted octanol–water partition coefficient (Wildman–Crippen LogP) is 3.75. The highest BCUT2D eigenvalue weighted by Gasteiger charge is 2.10. The largest absolute Gasteiger partial charge is 0.322 e. The van der Waals surface area contributed by atoms with Gasteiger partial charge < -0.3 is 5.73 Å². The van der Waals surface area contributed by atoms with E-state index in [2.05, 4.69) is 11.9 Å². The third-order valence-corrected chi connectivity index (χ3v) is 3.67. The van der Waals surface area contributed by atoms with Crippen molar-refractivity contribution in [3.05, 3.63) is 28.2 Å². The number of thiazole rings is 1. The van der Waals surface area contributed by atoms with Crippen LogP contribution in [0.2, 0.25) is 5.02 Å². The Balaban J connectivity index is 2.38. The second kappa shape index (κ2) is 4.47. The van der Waals surface area contributed by atoms with Gasteiger partial charge in [0.2, 0.25) is 0 Å². The van der Waals surface area contributed by atoms with Crippen molar-refractivity contribution in [3.63, 3.8) is 0 Å². The molecule has 0 aliphatic heterocycles. The maximum atomic E-state index is 6.02. The number of hydrogen-bond donors (Lipinski definition) is 1. The minimum absolute atomic E-state index is 0.0613. The van der Waals surface area contributed by atoms with Crippen molar-refractivity contribution in [2.24, 2.45) is 5.73 Å². The lowest BCUT2D eigenvalue weighted by molar-refractivity contribution is 0.636. The van der Waals surface area contributed by atoms with Crippen LogP contribution in [-0.4, -0.2) is 4.98 Å². The Morgan fingerprint density at radius 3 is 3.07 bits per heavy atom. The molecule has 15 heavy (non-hydrogen) atoms. The molecule has 0 aliphatic carbocycles. The molecule has 2 N–H and O–H groups in total. The fourth-order valence-corrected chi connectivity index (χ4v) is 2.79. The molecule has 80 valence electrons. The number of rotatable bonds is 3. The SMILES string of the molecule is CCCC(N)c1nc2ccc(Cl)cc2s1. The van der Waals surface area contributed by atoms with Crippen LogP contribution in [0.3, 0.4) is 0 Å². The first-order chi connectivity index (χ1) is 7.20. The molecule has 2 aromatic rings. The molecular weight excluding hydrogens is 228 g/mol. The third kappa shape index (κ3) is 2.30. The van der Waals surface area contributed by atoms with E-state index in [1.54, 1.807) is 11.3 Å². The first kappa shape index (κ1) is 10.9. The predicted molar refractivity (Wildman–Crippen MR) is 66.5 cm³/mol. The van der Waals surface area contributed by atoms with Gasteiger partial charge in [-0.25, -0.2) is 4.98 Å². The number of halogens is 1. The highest BCUT2D eigenvalue weighted by Crippen LogP contribution is 2.29. The highest BCUT2D eigenvalue weighted by atomic mass is 35.5. The molecule has 1 aromatic heterocycles. The Morgan fingerprint density at radius 2 is 2.33 bits per heavy atom. The zero-order valence-electron chi connectivity index (χ0n) is 8.53. The van der Waals surface area contributed by atoms with Crippen molar-refractivity contribution < 1.29 is 0 Å². The lowest BCUT2D eigenvalue weighted by Gasteiger charge is -2.04. The molecule has 4 heteroatoms. The van der Waals surface area contributed by atoms with Crippen LogP contribution in [0.25, 0.3) is 10.2 Å². The summed E-state index contributed by atoms with van der Waals surface area (Å²) in [7, 11) is 0. The first-order valence-electron chi connectivity index (χ1n) is 5.02. The first-order valence-corrected chi connectivity index (χ1v) is 6.21. The molecule has 1 heterocycles. The Morgan fingerprint density at radius 1 is 1.53 bits per heavy atom. The van der Waals surface area contributed by atoms with E-state index in [4.69, 9.17) is 17.3 Å². The zero-order chi connectivity index (χ0) is 10.8. The van der Waals surface area contributed by atoms with Crippen molar-refractivity contribution in [1.82, 2.24) is 4.98 Å². The second-order valence-corrected chi connectivity index (χ2v) is 5.06. The average Bonchev–Trinajstić information content (AvgIpc) is 2.60. The molecule has 0 saturated heterocycles. The minimum atomic E-state index is 0.0613. The quantitative estimate of drug-likeness (QED) is 0.888. The van der Waals surface area contributed by atoms with Gasteiger partial charge in [0.15, 0.2) is 0 Å². The van der Waals surface area contributed by atoms with Gasteiger partial charge in [0.1, 0.15) is 5.01 Å². The summed E-state index contributed by atoms with van der Waals surface area (Å²) in [5.41, 5.74) is 7.01. The third-order valence-electron chi connectivity index (χ3n) is 2.28. The van der Waals surface area contributed by atoms with Crippen LogP contribution < -0.4 is 5.73 Å². The van der Waals surface area contributed by atoms with E-state index >= 15 is 0 Å². The Bertz CT molecular complexity index is 467. The summed E-state index contributed by atoms with van der Waals surface area (Å²) in [6.45, 7) is 2.13. The van der Waals surface area contributed by atoms with Crippen molar-refractivity contribution in [1.29, 1.82) is 0 Å². The summed E-state index contributed by atoms with van der Waals surface area (Å²) in [5, 5.41) is 1.76. The van der Waals surface area contributed by atoms with E-state index in [1.807, 2.05) is 18.2 Å². The van der Waals surface area contributed by atoms with Crippen LogP contribution in [0.1, 0.15) is 30.8 Å². The number of hydrogen-bond acceptors (Lipinski definition) is 3. The molecule has 0 fully saturated rings. The van der Waals surface area contributed by atoms with Crippen molar-refractivity contribution in [2.75, 3.05) is 0 Å². The van der Waals surface area contributed by atoms with Crippen LogP contribution in [0, 0.1) is 0 Å². The number of aromatic nitrogens is 1. The van der Waals surface area contributed by atoms with Gasteiger partial charge in [0, 0.05) is 5.02 Å². The van der Waals surface area contributed by atoms with Crippen LogP contribution in [-0.2, 0) is 0 Å². The van der Waals surface area contributed by atoms with E-state index in [0.29, 0.717) is 0 Å². The van der Waals surface area contributed by atoms with E-state index < -0.39 is 0 Å². The average molecular weight is 241 g/mol. The van der Waals surface area contributed by atoms with Gasteiger partial charge in [-0.15, -0.1) is 11.3 Å². The number of nitrogens with zero attached hydrogens (tertiary/aromatic N) is 1. The van der Waals surface area contributed by atoms with Crippen LogP contribution in [0.5, 0.6) is 0 Å². The normalized spacial score (nSPS) is 13.3. The standard InChI is InChI=1S/C11H13ClN2S/c1-2-3-8(13)11-14-9-5-4-7(12)6-10(9)15-11/h4-6,8H,2-3,13H2,1H3. The molecule has 1 unspecified atom stereocenters. The number of fused-ring (bicyclic) bond motifs is 1. The maximum absolute atomic E-state index is 6.02. The fraction of sp³-hybridized carbons (Fsp3) is 0.364. The topological polar surface area (TPSA) is 38.9 Å². The van der Waals surface area contributed by atoms with Crippen LogP contribution >= 0.6 is 22.9 Å². The second-order valence-electron chi connectivity index (χ2n) is 3.56. The Labute approximate surface area is 98.1 Å². The molecule has 0 saturated carbocycles. The van der Waals surface area contributed by atoms with Gasteiger partial charge in [0.05, 0.1) is 16.3 Å². The molecule has 0 spiro atoms. The van der Waals surface area contributed by atoms with Gasteiger partial charge in [-0.2, -0.15) is 0 Å². The van der Waals surface area contributed by atoms with E-state index in [0.717, 1.165) is 33.1 Å². The molecule has 2 rings (SSSR count). The van der Waals surface area contributed by atoms with Gasteiger partial charge in [-0.05, 0) is 24.6 Å². The van der Waals surface area contributed by atoms with E-state index in [1.165, 1.54) is 0 Å². The summed E-state index contributed by atoms with van der Waals surface area (Å²) in [4.78, 5) is 4.51. The monoisotopic (exact) mass is 240 g/mol. The summed E-state index contributed by atoms with van der Waals surface area (Å²) < 4.78 is 1.11. The molecule has 0 bridgehead atoms. The summed E-state index contributed by atoms with van der Waals surface area (Å²) in [5.74, 6) is 0. The Hall–Kier alpha value is -0.640. The molecular formula is C11H13ClN2S. The van der Waals surface area contributed by atoms with E-state index in [9.17, 15) is 0 Å². The summed E-state index contributed by atoms with van der Waals surface area (Å²) >= 11 is 7.56. The van der Waals surface area contributed by atoms with Crippen LogP contribution in [0.15, 0.2) is 18.2 Å². The minimum Gasteiger partial charge on any atom is -0.322 e. The van der Waals surface area contributed by atoms with Crippen molar-refractivity contribution in [3.8, 4) is 0 Å².